The maximum absolute atomic E-state index is 13.6. The molecule has 1 unspecified atom stereocenters. The van der Waals surface area contributed by atoms with Gasteiger partial charge in [-0.1, -0.05) is 6.07 Å². The number of ether oxygens (including phenoxy) is 2. The average molecular weight is 253 g/mol. The van der Waals surface area contributed by atoms with Crippen molar-refractivity contribution in [2.45, 2.75) is 6.42 Å². The zero-order valence-electron chi connectivity index (χ0n) is 11.0. The van der Waals surface area contributed by atoms with Gasteiger partial charge < -0.3 is 14.4 Å². The lowest BCUT2D eigenvalue weighted by Crippen LogP contribution is -2.27. The molecule has 0 spiro atoms. The Morgan fingerprint density at radius 3 is 3.06 bits per heavy atom. The Morgan fingerprint density at radius 1 is 1.50 bits per heavy atom. The van der Waals surface area contributed by atoms with Gasteiger partial charge in [-0.3, -0.25) is 0 Å². The van der Waals surface area contributed by atoms with Gasteiger partial charge >= 0.3 is 0 Å². The minimum absolute atomic E-state index is 0.294. The van der Waals surface area contributed by atoms with Crippen LogP contribution in [0.2, 0.25) is 0 Å². The van der Waals surface area contributed by atoms with Gasteiger partial charge in [0, 0.05) is 13.1 Å². The fraction of sp³-hybridized carbons (Fsp3) is 0.571. The highest BCUT2D eigenvalue weighted by Crippen LogP contribution is 2.20. The molecule has 0 aliphatic carbocycles. The lowest BCUT2D eigenvalue weighted by atomic mass is 9.99. The molecule has 1 saturated heterocycles. The van der Waals surface area contributed by atoms with Crippen LogP contribution < -0.4 is 4.74 Å². The molecule has 0 amide bonds. The SMILES string of the molecule is COc1ccc(CC2COCCN(C)C2)cc1F. The summed E-state index contributed by atoms with van der Waals surface area (Å²) in [6, 6.07) is 5.17. The molecule has 0 radical (unpaired) electrons. The lowest BCUT2D eigenvalue weighted by molar-refractivity contribution is 0.122. The molecule has 0 N–H and O–H groups in total. The highest BCUT2D eigenvalue weighted by molar-refractivity contribution is 5.29. The summed E-state index contributed by atoms with van der Waals surface area (Å²) in [7, 11) is 3.57. The molecule has 1 fully saturated rings. The third-order valence-electron chi connectivity index (χ3n) is 3.28. The molecule has 2 rings (SSSR count). The molecule has 0 aromatic heterocycles. The highest BCUT2D eigenvalue weighted by atomic mass is 19.1. The molecular weight excluding hydrogens is 233 g/mol. The van der Waals surface area contributed by atoms with E-state index in [2.05, 4.69) is 11.9 Å². The molecule has 3 nitrogen and oxygen atoms in total. The van der Waals surface area contributed by atoms with E-state index < -0.39 is 0 Å². The number of hydrogen-bond acceptors (Lipinski definition) is 3. The first-order chi connectivity index (χ1) is 8.69. The summed E-state index contributed by atoms with van der Waals surface area (Å²) < 4.78 is 24.1. The minimum Gasteiger partial charge on any atom is -0.494 e. The van der Waals surface area contributed by atoms with Gasteiger partial charge in [-0.15, -0.1) is 0 Å². The third kappa shape index (κ3) is 3.43. The van der Waals surface area contributed by atoms with Crippen LogP contribution in [0.4, 0.5) is 4.39 Å². The lowest BCUT2D eigenvalue weighted by Gasteiger charge is -2.19. The quantitative estimate of drug-likeness (QED) is 0.822. The van der Waals surface area contributed by atoms with E-state index in [1.54, 1.807) is 12.1 Å². The maximum atomic E-state index is 13.6. The normalized spacial score (nSPS) is 21.6. The van der Waals surface area contributed by atoms with E-state index in [-0.39, 0.29) is 5.82 Å². The molecule has 1 aromatic carbocycles. The maximum Gasteiger partial charge on any atom is 0.165 e. The van der Waals surface area contributed by atoms with E-state index in [0.717, 1.165) is 38.3 Å². The van der Waals surface area contributed by atoms with Crippen LogP contribution in [0.3, 0.4) is 0 Å². The summed E-state index contributed by atoms with van der Waals surface area (Å²) in [6.45, 7) is 3.49. The Labute approximate surface area is 107 Å². The smallest absolute Gasteiger partial charge is 0.165 e. The number of methoxy groups -OCH3 is 1. The van der Waals surface area contributed by atoms with Gasteiger partial charge in [0.1, 0.15) is 0 Å². The Morgan fingerprint density at radius 2 is 2.33 bits per heavy atom. The predicted molar refractivity (Wildman–Crippen MR) is 68.5 cm³/mol. The van der Waals surface area contributed by atoms with E-state index in [1.165, 1.54) is 7.11 Å². The van der Waals surface area contributed by atoms with Crippen molar-refractivity contribution in [3.8, 4) is 5.75 Å². The van der Waals surface area contributed by atoms with Crippen molar-refractivity contribution in [3.05, 3.63) is 29.6 Å². The van der Waals surface area contributed by atoms with Crippen LogP contribution >= 0.6 is 0 Å². The van der Waals surface area contributed by atoms with Gasteiger partial charge in [-0.25, -0.2) is 4.39 Å². The number of halogens is 1. The van der Waals surface area contributed by atoms with Crippen LogP contribution in [0.15, 0.2) is 18.2 Å². The third-order valence-corrected chi connectivity index (χ3v) is 3.28. The van der Waals surface area contributed by atoms with Crippen LogP contribution in [0.25, 0.3) is 0 Å². The van der Waals surface area contributed by atoms with Crippen molar-refractivity contribution >= 4 is 0 Å². The number of benzene rings is 1. The van der Waals surface area contributed by atoms with E-state index in [0.29, 0.717) is 11.7 Å². The van der Waals surface area contributed by atoms with Gasteiger partial charge in [-0.2, -0.15) is 0 Å². The topological polar surface area (TPSA) is 21.7 Å². The van der Waals surface area contributed by atoms with Crippen molar-refractivity contribution in [1.29, 1.82) is 0 Å². The number of nitrogens with zero attached hydrogens (tertiary/aromatic N) is 1. The second kappa shape index (κ2) is 6.16. The molecule has 0 bridgehead atoms. The second-order valence-electron chi connectivity index (χ2n) is 4.88. The average Bonchev–Trinajstić information content (AvgIpc) is 2.54. The molecule has 4 heteroatoms. The van der Waals surface area contributed by atoms with E-state index in [4.69, 9.17) is 9.47 Å². The summed E-state index contributed by atoms with van der Waals surface area (Å²) in [5.41, 5.74) is 0.997. The Balaban J connectivity index is 2.01. The van der Waals surface area contributed by atoms with Gasteiger partial charge in [0.25, 0.3) is 0 Å². The first-order valence-corrected chi connectivity index (χ1v) is 6.27. The van der Waals surface area contributed by atoms with E-state index >= 15 is 0 Å². The monoisotopic (exact) mass is 253 g/mol. The van der Waals surface area contributed by atoms with Crippen LogP contribution in [0.1, 0.15) is 5.56 Å². The standard InChI is InChI=1S/C14H20FNO2/c1-16-5-6-18-10-12(9-16)7-11-3-4-14(17-2)13(15)8-11/h3-4,8,12H,5-7,9-10H2,1-2H3. The van der Waals surface area contributed by atoms with Crippen molar-refractivity contribution in [3.63, 3.8) is 0 Å². The first kappa shape index (κ1) is 13.3. The van der Waals surface area contributed by atoms with Crippen LogP contribution in [-0.2, 0) is 11.2 Å². The van der Waals surface area contributed by atoms with Crippen molar-refractivity contribution in [2.75, 3.05) is 40.5 Å². The van der Waals surface area contributed by atoms with Gasteiger partial charge in [0.2, 0.25) is 0 Å². The Kier molecular flexibility index (Phi) is 4.55. The molecule has 1 aliphatic rings. The zero-order valence-corrected chi connectivity index (χ0v) is 11.0. The number of hydrogen-bond donors (Lipinski definition) is 0. The summed E-state index contributed by atoms with van der Waals surface area (Å²) in [5.74, 6) is 0.427. The summed E-state index contributed by atoms with van der Waals surface area (Å²) in [4.78, 5) is 2.26. The number of rotatable bonds is 3. The molecular formula is C14H20FNO2. The predicted octanol–water partition coefficient (Wildman–Crippen LogP) is 1.96. The molecule has 1 atom stereocenters. The molecule has 1 aromatic rings. The molecule has 1 heterocycles. The van der Waals surface area contributed by atoms with Crippen molar-refractivity contribution in [2.24, 2.45) is 5.92 Å². The summed E-state index contributed by atoms with van der Waals surface area (Å²) in [5, 5.41) is 0. The molecule has 100 valence electrons. The van der Waals surface area contributed by atoms with Crippen LogP contribution in [0.5, 0.6) is 5.75 Å². The van der Waals surface area contributed by atoms with E-state index in [9.17, 15) is 4.39 Å². The highest BCUT2D eigenvalue weighted by Gasteiger charge is 2.17. The van der Waals surface area contributed by atoms with Crippen molar-refractivity contribution < 1.29 is 13.9 Å². The Bertz CT molecular complexity index is 397. The van der Waals surface area contributed by atoms with Crippen molar-refractivity contribution in [1.82, 2.24) is 4.90 Å². The first-order valence-electron chi connectivity index (χ1n) is 6.27. The molecule has 18 heavy (non-hydrogen) atoms. The zero-order chi connectivity index (χ0) is 13.0. The Hall–Kier alpha value is -1.13. The van der Waals surface area contributed by atoms with Gasteiger partial charge in [-0.05, 0) is 37.1 Å². The largest absolute Gasteiger partial charge is 0.494 e. The fourth-order valence-electron chi connectivity index (χ4n) is 2.35. The van der Waals surface area contributed by atoms with Gasteiger partial charge in [0.15, 0.2) is 11.6 Å². The molecule has 1 aliphatic heterocycles. The molecule has 0 saturated carbocycles. The minimum atomic E-state index is -0.294. The fourth-order valence-corrected chi connectivity index (χ4v) is 2.35. The van der Waals surface area contributed by atoms with Gasteiger partial charge in [0.05, 0.1) is 20.3 Å². The van der Waals surface area contributed by atoms with E-state index in [1.807, 2.05) is 6.07 Å². The summed E-state index contributed by atoms with van der Waals surface area (Å²) >= 11 is 0. The van der Waals surface area contributed by atoms with Crippen LogP contribution in [0, 0.1) is 11.7 Å². The number of likely N-dealkylation sites (N-methyl/N-ethyl adjacent to an activating group) is 1. The second-order valence-corrected chi connectivity index (χ2v) is 4.88. The van der Waals surface area contributed by atoms with Crippen LogP contribution in [-0.4, -0.2) is 45.4 Å². The summed E-state index contributed by atoms with van der Waals surface area (Å²) in [6.07, 6.45) is 0.839.